The van der Waals surface area contributed by atoms with Crippen molar-refractivity contribution >= 4 is 131 Å². The molecule has 0 atom stereocenters. The molecule has 1 heterocycles. The first kappa shape index (κ1) is 35.0. The van der Waals surface area contributed by atoms with Crippen LogP contribution in [0.5, 0.6) is 0 Å². The van der Waals surface area contributed by atoms with Crippen molar-refractivity contribution in [2.45, 2.75) is 0 Å². The van der Waals surface area contributed by atoms with Crippen LogP contribution in [-0.4, -0.2) is 9.97 Å². The largest absolute Gasteiger partial charge is 0.310 e. The van der Waals surface area contributed by atoms with Crippen molar-refractivity contribution in [3.05, 3.63) is 219 Å². The monoisotopic (exact) mass is 812 g/mol. The fourth-order valence-corrected chi connectivity index (χ4v) is 10.8. The summed E-state index contributed by atoms with van der Waals surface area (Å²) in [4.78, 5) is 15.0. The molecule has 4 heteroatoms. The average molecular weight is 813 g/mol. The van der Waals surface area contributed by atoms with E-state index in [1.807, 2.05) is 12.4 Å². The molecule has 0 N–H and O–H groups in total. The molecule has 14 aromatic rings. The summed E-state index contributed by atoms with van der Waals surface area (Å²) in [7, 11) is 0. The van der Waals surface area contributed by atoms with Crippen molar-refractivity contribution in [1.82, 2.24) is 9.97 Å². The Bertz CT molecular complexity index is 3850. The van der Waals surface area contributed by atoms with Crippen LogP contribution in [-0.2, 0) is 0 Å². The molecule has 1 aromatic heterocycles. The minimum Gasteiger partial charge on any atom is -0.310 e. The van der Waals surface area contributed by atoms with Crippen LogP contribution in [0.25, 0.3) is 97.2 Å². The highest BCUT2D eigenvalue weighted by Crippen LogP contribution is 2.49. The smallest absolute Gasteiger partial charge is 0.0972 e. The number of anilines is 6. The Hall–Kier alpha value is -8.60. The Morgan fingerprint density at radius 3 is 1.08 bits per heavy atom. The number of fused-ring (bicyclic) bond motifs is 6. The first-order valence-electron chi connectivity index (χ1n) is 21.9. The molecule has 64 heavy (non-hydrogen) atoms. The van der Waals surface area contributed by atoms with Gasteiger partial charge < -0.3 is 9.80 Å². The average Bonchev–Trinajstić information content (AvgIpc) is 3.36. The molecule has 0 saturated carbocycles. The molecule has 0 radical (unpaired) electrons. The lowest BCUT2D eigenvalue weighted by Crippen LogP contribution is -2.11. The van der Waals surface area contributed by atoms with Gasteiger partial charge in [-0.2, -0.15) is 0 Å². The molecule has 0 amide bonds. The van der Waals surface area contributed by atoms with E-state index in [4.69, 9.17) is 9.97 Å². The fourth-order valence-electron chi connectivity index (χ4n) is 10.8. The molecular formula is C60H36N4. The van der Waals surface area contributed by atoms with E-state index >= 15 is 0 Å². The van der Waals surface area contributed by atoms with E-state index in [0.717, 1.165) is 66.7 Å². The highest BCUT2D eigenvalue weighted by Gasteiger charge is 2.23. The van der Waals surface area contributed by atoms with E-state index in [9.17, 15) is 0 Å². The van der Waals surface area contributed by atoms with Gasteiger partial charge in [-0.3, -0.25) is 9.97 Å². The van der Waals surface area contributed by atoms with Crippen LogP contribution in [0.2, 0.25) is 0 Å². The lowest BCUT2D eigenvalue weighted by atomic mass is 9.92. The maximum atomic E-state index is 5.11. The van der Waals surface area contributed by atoms with Crippen molar-refractivity contribution in [3.63, 3.8) is 0 Å². The highest BCUT2D eigenvalue weighted by molar-refractivity contribution is 6.29. The summed E-state index contributed by atoms with van der Waals surface area (Å²) in [6.45, 7) is 0. The van der Waals surface area contributed by atoms with Crippen molar-refractivity contribution < 1.29 is 0 Å². The van der Waals surface area contributed by atoms with Gasteiger partial charge in [-0.15, -0.1) is 0 Å². The van der Waals surface area contributed by atoms with Crippen molar-refractivity contribution in [1.29, 1.82) is 0 Å². The molecule has 0 aliphatic rings. The van der Waals surface area contributed by atoms with Crippen LogP contribution < -0.4 is 9.80 Å². The van der Waals surface area contributed by atoms with Gasteiger partial charge in [-0.1, -0.05) is 146 Å². The zero-order valence-electron chi connectivity index (χ0n) is 34.6. The number of benzene rings is 13. The Balaban J connectivity index is 1.00. The predicted molar refractivity (Wildman–Crippen MR) is 271 cm³/mol. The van der Waals surface area contributed by atoms with E-state index in [1.54, 1.807) is 0 Å². The second kappa shape index (κ2) is 13.4. The molecule has 0 bridgehead atoms. The van der Waals surface area contributed by atoms with E-state index < -0.39 is 0 Å². The fraction of sp³-hybridized carbons (Fsp3) is 0. The van der Waals surface area contributed by atoms with Gasteiger partial charge in [0.1, 0.15) is 0 Å². The standard InChI is InChI=1S/C60H36N4/c1-3-17-43(18-4-1)63(53-33-41-15-7-11-37-23-25-39-13-9-21-49(53)57(39)55(37)41)45-27-29-47-48-30-28-46(36-52(48)60-59(51(47)35-45)61-31-32-62-60)64(44-19-5-2-6-20-44)54-34-42-16-8-12-38-24-26-40-14-10-22-50(54)58(40)56(38)42/h1-36H. The van der Waals surface area contributed by atoms with Gasteiger partial charge in [0.15, 0.2) is 0 Å². The minimum atomic E-state index is 0.875. The van der Waals surface area contributed by atoms with Gasteiger partial charge in [-0.05, 0) is 125 Å². The zero-order valence-corrected chi connectivity index (χ0v) is 34.6. The zero-order chi connectivity index (χ0) is 41.9. The summed E-state index contributed by atoms with van der Waals surface area (Å²) in [6, 6.07) is 75.5. The van der Waals surface area contributed by atoms with Gasteiger partial charge in [0.25, 0.3) is 0 Å². The normalized spacial score (nSPS) is 12.1. The summed E-state index contributed by atoms with van der Waals surface area (Å²) < 4.78 is 0. The number of nitrogens with zero attached hydrogens (tertiary/aromatic N) is 4. The molecule has 14 rings (SSSR count). The van der Waals surface area contributed by atoms with Gasteiger partial charge in [-0.25, -0.2) is 0 Å². The van der Waals surface area contributed by atoms with Crippen LogP contribution in [0.1, 0.15) is 0 Å². The third-order valence-corrected chi connectivity index (χ3v) is 13.5. The molecule has 0 aliphatic heterocycles. The van der Waals surface area contributed by atoms with Crippen LogP contribution in [0.3, 0.4) is 0 Å². The maximum Gasteiger partial charge on any atom is 0.0972 e. The Morgan fingerprint density at radius 2 is 0.641 bits per heavy atom. The number of hydrogen-bond donors (Lipinski definition) is 0. The van der Waals surface area contributed by atoms with Crippen LogP contribution >= 0.6 is 0 Å². The maximum absolute atomic E-state index is 5.11. The van der Waals surface area contributed by atoms with E-state index in [-0.39, 0.29) is 0 Å². The molecule has 0 saturated heterocycles. The Labute approximate surface area is 368 Å². The Kier molecular flexibility index (Phi) is 7.36. The van der Waals surface area contributed by atoms with E-state index in [0.29, 0.717) is 0 Å². The predicted octanol–water partition coefficient (Wildman–Crippen LogP) is 16.7. The lowest BCUT2D eigenvalue weighted by Gasteiger charge is -2.29. The minimum absolute atomic E-state index is 0.875. The number of rotatable bonds is 6. The van der Waals surface area contributed by atoms with E-state index in [2.05, 4.69) is 216 Å². The summed E-state index contributed by atoms with van der Waals surface area (Å²) in [6.07, 6.45) is 3.64. The van der Waals surface area contributed by atoms with Gasteiger partial charge >= 0.3 is 0 Å². The first-order valence-corrected chi connectivity index (χ1v) is 21.9. The van der Waals surface area contributed by atoms with Crippen LogP contribution in [0.15, 0.2) is 219 Å². The topological polar surface area (TPSA) is 32.3 Å². The Morgan fingerprint density at radius 1 is 0.250 bits per heavy atom. The molecule has 296 valence electrons. The lowest BCUT2D eigenvalue weighted by molar-refractivity contribution is 1.29. The van der Waals surface area contributed by atoms with Crippen molar-refractivity contribution in [2.24, 2.45) is 0 Å². The van der Waals surface area contributed by atoms with Crippen molar-refractivity contribution in [3.8, 4) is 0 Å². The summed E-state index contributed by atoms with van der Waals surface area (Å²) in [5, 5.41) is 19.5. The number of hydrogen-bond acceptors (Lipinski definition) is 4. The third kappa shape index (κ3) is 5.05. The summed E-state index contributed by atoms with van der Waals surface area (Å²) >= 11 is 0. The van der Waals surface area contributed by atoms with E-state index in [1.165, 1.54) is 64.6 Å². The van der Waals surface area contributed by atoms with Crippen LogP contribution in [0.4, 0.5) is 34.1 Å². The SMILES string of the molecule is c1ccc(N(c2ccc3c4ccc(N(c5ccccc5)c5cc6cccc7ccc8cccc5c8c76)cc4c4nccnc4c3c2)c2cc3cccc4ccc5cccc2c5c43)cc1. The molecule has 0 fully saturated rings. The quantitative estimate of drug-likeness (QED) is 0.157. The summed E-state index contributed by atoms with van der Waals surface area (Å²) in [5.41, 5.74) is 8.31. The first-order chi connectivity index (χ1) is 31.7. The van der Waals surface area contributed by atoms with Gasteiger partial charge in [0, 0.05) is 56.7 Å². The van der Waals surface area contributed by atoms with Crippen molar-refractivity contribution in [2.75, 3.05) is 9.80 Å². The van der Waals surface area contributed by atoms with Gasteiger partial charge in [0.05, 0.1) is 22.4 Å². The van der Waals surface area contributed by atoms with Gasteiger partial charge in [0.2, 0.25) is 0 Å². The second-order valence-corrected chi connectivity index (χ2v) is 16.9. The molecule has 0 unspecified atom stereocenters. The number of aromatic nitrogens is 2. The molecule has 0 spiro atoms. The molecule has 0 aliphatic carbocycles. The third-order valence-electron chi connectivity index (χ3n) is 13.5. The number of para-hydroxylation sites is 2. The molecular weight excluding hydrogens is 777 g/mol. The summed E-state index contributed by atoms with van der Waals surface area (Å²) in [5.74, 6) is 0. The van der Waals surface area contributed by atoms with Crippen LogP contribution in [0, 0.1) is 0 Å². The second-order valence-electron chi connectivity index (χ2n) is 16.9. The molecule has 13 aromatic carbocycles. The highest BCUT2D eigenvalue weighted by atomic mass is 15.1. The molecule has 4 nitrogen and oxygen atoms in total.